The Bertz CT molecular complexity index is 754. The van der Waals surface area contributed by atoms with E-state index in [1.165, 1.54) is 5.56 Å². The van der Waals surface area contributed by atoms with Crippen LogP contribution in [0.1, 0.15) is 35.7 Å². The van der Waals surface area contributed by atoms with Crippen molar-refractivity contribution >= 4 is 23.2 Å². The van der Waals surface area contributed by atoms with Crippen LogP contribution in [-0.2, 0) is 6.42 Å². The highest BCUT2D eigenvalue weighted by molar-refractivity contribution is 7.80. The Morgan fingerprint density at radius 1 is 1.11 bits per heavy atom. The van der Waals surface area contributed by atoms with E-state index >= 15 is 0 Å². The first-order chi connectivity index (χ1) is 13.1. The molecule has 1 fully saturated rings. The van der Waals surface area contributed by atoms with Crippen molar-refractivity contribution in [1.29, 1.82) is 0 Å². The van der Waals surface area contributed by atoms with Crippen LogP contribution in [-0.4, -0.2) is 35.6 Å². The molecule has 1 N–H and O–H groups in total. The average Bonchev–Trinajstić information content (AvgIpc) is 2.70. The number of rotatable bonds is 5. The summed E-state index contributed by atoms with van der Waals surface area (Å²) in [4.78, 5) is 14.5. The lowest BCUT2D eigenvalue weighted by Crippen LogP contribution is -2.46. The van der Waals surface area contributed by atoms with Crippen molar-refractivity contribution in [2.24, 2.45) is 5.92 Å². The fourth-order valence-corrected chi connectivity index (χ4v) is 3.37. The molecule has 3 rings (SSSR count). The van der Waals surface area contributed by atoms with Gasteiger partial charge in [0.25, 0.3) is 5.91 Å². The van der Waals surface area contributed by atoms with E-state index in [4.69, 9.17) is 17.0 Å². The van der Waals surface area contributed by atoms with Gasteiger partial charge in [0.2, 0.25) is 0 Å². The number of amides is 1. The second kappa shape index (κ2) is 9.51. The molecule has 0 aliphatic carbocycles. The molecule has 1 aliphatic heterocycles. The number of ether oxygens (including phenoxy) is 1. The monoisotopic (exact) mass is 382 g/mol. The largest absolute Gasteiger partial charge is 0.493 e. The number of carbonyl (C=O) groups excluding carboxylic acids is 1. The minimum atomic E-state index is -0.172. The smallest absolute Gasteiger partial charge is 0.257 e. The van der Waals surface area contributed by atoms with Gasteiger partial charge in [-0.1, -0.05) is 37.3 Å². The van der Waals surface area contributed by atoms with Gasteiger partial charge in [-0.25, -0.2) is 0 Å². The lowest BCUT2D eigenvalue weighted by atomic mass is 10.00. The normalized spacial score (nSPS) is 14.6. The summed E-state index contributed by atoms with van der Waals surface area (Å²) in [6.07, 6.45) is 3.09. The lowest BCUT2D eigenvalue weighted by molar-refractivity contribution is 0.0972. The van der Waals surface area contributed by atoms with E-state index in [0.717, 1.165) is 44.0 Å². The Morgan fingerprint density at radius 2 is 1.78 bits per heavy atom. The molecule has 1 aliphatic rings. The van der Waals surface area contributed by atoms with Crippen LogP contribution in [0.4, 0.5) is 0 Å². The van der Waals surface area contributed by atoms with E-state index in [2.05, 4.69) is 29.3 Å². The minimum Gasteiger partial charge on any atom is -0.493 e. The molecule has 5 heteroatoms. The molecular weight excluding hydrogens is 356 g/mol. The highest BCUT2D eigenvalue weighted by Crippen LogP contribution is 2.16. The topological polar surface area (TPSA) is 41.6 Å². The van der Waals surface area contributed by atoms with Gasteiger partial charge in [0, 0.05) is 25.1 Å². The van der Waals surface area contributed by atoms with Crippen molar-refractivity contribution in [2.75, 3.05) is 19.7 Å². The van der Waals surface area contributed by atoms with Crippen LogP contribution in [0.15, 0.2) is 54.6 Å². The van der Waals surface area contributed by atoms with Gasteiger partial charge in [-0.15, -0.1) is 0 Å². The number of nitrogens with zero attached hydrogens (tertiary/aromatic N) is 1. The molecule has 0 unspecified atom stereocenters. The van der Waals surface area contributed by atoms with Crippen LogP contribution in [0.2, 0.25) is 0 Å². The van der Waals surface area contributed by atoms with Gasteiger partial charge in [0.15, 0.2) is 5.11 Å². The average molecular weight is 383 g/mol. The van der Waals surface area contributed by atoms with Crippen molar-refractivity contribution in [1.82, 2.24) is 10.2 Å². The quantitative estimate of drug-likeness (QED) is 0.792. The van der Waals surface area contributed by atoms with Crippen LogP contribution in [0.3, 0.4) is 0 Å². The molecule has 0 bridgehead atoms. The van der Waals surface area contributed by atoms with Crippen LogP contribution in [0.5, 0.6) is 5.75 Å². The molecule has 1 saturated heterocycles. The Labute approximate surface area is 166 Å². The number of hydrogen-bond acceptors (Lipinski definition) is 3. The summed E-state index contributed by atoms with van der Waals surface area (Å²) < 4.78 is 5.77. The number of nitrogens with one attached hydrogen (secondary N) is 1. The molecule has 4 nitrogen and oxygen atoms in total. The molecule has 0 saturated carbocycles. The van der Waals surface area contributed by atoms with Crippen LogP contribution >= 0.6 is 12.2 Å². The summed E-state index contributed by atoms with van der Waals surface area (Å²) in [5, 5.41) is 3.37. The zero-order chi connectivity index (χ0) is 19.1. The number of likely N-dealkylation sites (tertiary alicyclic amines) is 1. The van der Waals surface area contributed by atoms with E-state index in [1.54, 1.807) is 12.1 Å². The molecule has 142 valence electrons. The maximum absolute atomic E-state index is 12.4. The van der Waals surface area contributed by atoms with Gasteiger partial charge in [-0.05, 0) is 60.8 Å². The second-order valence-corrected chi connectivity index (χ2v) is 7.42. The molecule has 27 heavy (non-hydrogen) atoms. The van der Waals surface area contributed by atoms with E-state index < -0.39 is 0 Å². The molecule has 2 aromatic carbocycles. The van der Waals surface area contributed by atoms with Crippen molar-refractivity contribution in [3.63, 3.8) is 0 Å². The standard InChI is InChI=1S/C22H26N2O2S/c1-17-11-14-24(15-12-17)22(27)23-21(25)19-7-9-20(10-8-19)26-16-13-18-5-3-2-4-6-18/h2-10,17H,11-16H2,1H3,(H,23,25,27). The first kappa shape index (κ1) is 19.4. The van der Waals surface area contributed by atoms with Gasteiger partial charge < -0.3 is 9.64 Å². The first-order valence-corrected chi connectivity index (χ1v) is 9.89. The van der Waals surface area contributed by atoms with Crippen molar-refractivity contribution in [3.8, 4) is 5.75 Å². The van der Waals surface area contributed by atoms with Crippen LogP contribution in [0, 0.1) is 5.92 Å². The number of benzene rings is 2. The summed E-state index contributed by atoms with van der Waals surface area (Å²) in [6.45, 7) is 4.68. The Hall–Kier alpha value is -2.40. The van der Waals surface area contributed by atoms with E-state index in [0.29, 0.717) is 17.3 Å². The number of carbonyl (C=O) groups is 1. The summed E-state index contributed by atoms with van der Waals surface area (Å²) in [5.74, 6) is 1.32. The maximum atomic E-state index is 12.4. The van der Waals surface area contributed by atoms with Crippen molar-refractivity contribution < 1.29 is 9.53 Å². The molecule has 0 radical (unpaired) electrons. The minimum absolute atomic E-state index is 0.172. The highest BCUT2D eigenvalue weighted by Gasteiger charge is 2.19. The van der Waals surface area contributed by atoms with E-state index in [9.17, 15) is 4.79 Å². The van der Waals surface area contributed by atoms with Gasteiger partial charge in [0.05, 0.1) is 6.61 Å². The van der Waals surface area contributed by atoms with Crippen molar-refractivity contribution in [2.45, 2.75) is 26.2 Å². The third-order valence-corrected chi connectivity index (χ3v) is 5.27. The number of thiocarbonyl (C=S) groups is 1. The highest BCUT2D eigenvalue weighted by atomic mass is 32.1. The first-order valence-electron chi connectivity index (χ1n) is 9.49. The molecule has 0 aromatic heterocycles. The van der Waals surface area contributed by atoms with Gasteiger partial charge >= 0.3 is 0 Å². The molecular formula is C22H26N2O2S. The maximum Gasteiger partial charge on any atom is 0.257 e. The summed E-state index contributed by atoms with van der Waals surface area (Å²) in [5.41, 5.74) is 1.83. The zero-order valence-electron chi connectivity index (χ0n) is 15.7. The van der Waals surface area contributed by atoms with E-state index in [-0.39, 0.29) is 5.91 Å². The number of piperidine rings is 1. The van der Waals surface area contributed by atoms with Crippen LogP contribution in [0.25, 0.3) is 0 Å². The van der Waals surface area contributed by atoms with Crippen LogP contribution < -0.4 is 10.1 Å². The number of hydrogen-bond donors (Lipinski definition) is 1. The predicted octanol–water partition coefficient (Wildman–Crippen LogP) is 4.05. The molecule has 1 amide bonds. The van der Waals surface area contributed by atoms with Gasteiger partial charge in [0.1, 0.15) is 5.75 Å². The lowest BCUT2D eigenvalue weighted by Gasteiger charge is -2.32. The third-order valence-electron chi connectivity index (χ3n) is 4.91. The molecule has 0 spiro atoms. The Balaban J connectivity index is 1.46. The Morgan fingerprint density at radius 3 is 2.44 bits per heavy atom. The second-order valence-electron chi connectivity index (χ2n) is 7.04. The fourth-order valence-electron chi connectivity index (χ4n) is 3.09. The van der Waals surface area contributed by atoms with Gasteiger partial charge in [-0.3, -0.25) is 10.1 Å². The zero-order valence-corrected chi connectivity index (χ0v) is 16.5. The summed E-state index contributed by atoms with van der Waals surface area (Å²) in [6, 6.07) is 17.4. The predicted molar refractivity (Wildman–Crippen MR) is 112 cm³/mol. The fraction of sp³-hybridized carbons (Fsp3) is 0.364. The van der Waals surface area contributed by atoms with Crippen molar-refractivity contribution in [3.05, 3.63) is 65.7 Å². The SMILES string of the molecule is CC1CCN(C(=S)NC(=O)c2ccc(OCCc3ccccc3)cc2)CC1. The molecule has 2 aromatic rings. The summed E-state index contributed by atoms with van der Waals surface area (Å²) in [7, 11) is 0. The molecule has 1 heterocycles. The molecule has 0 atom stereocenters. The van der Waals surface area contributed by atoms with E-state index in [1.807, 2.05) is 30.3 Å². The van der Waals surface area contributed by atoms with Gasteiger partial charge in [-0.2, -0.15) is 0 Å². The third kappa shape index (κ3) is 5.79. The summed E-state index contributed by atoms with van der Waals surface area (Å²) >= 11 is 5.39. The Kier molecular flexibility index (Phi) is 6.82.